The van der Waals surface area contributed by atoms with Crippen LogP contribution in [0.5, 0.6) is 0 Å². The van der Waals surface area contributed by atoms with E-state index >= 15 is 0 Å². The van der Waals surface area contributed by atoms with E-state index in [1.165, 1.54) is 0 Å². The Morgan fingerprint density at radius 3 is 2.56 bits per heavy atom. The summed E-state index contributed by atoms with van der Waals surface area (Å²) in [5, 5.41) is 13.2. The normalized spacial score (nSPS) is 10.6. The zero-order chi connectivity index (χ0) is 13.1. The van der Waals surface area contributed by atoms with E-state index in [0.29, 0.717) is 6.42 Å². The summed E-state index contributed by atoms with van der Waals surface area (Å²) in [6.07, 6.45) is 0.669. The van der Waals surface area contributed by atoms with Crippen molar-refractivity contribution < 1.29 is 9.90 Å². The molecule has 0 bridgehead atoms. The van der Waals surface area contributed by atoms with Crippen LogP contribution in [0.25, 0.3) is 5.69 Å². The van der Waals surface area contributed by atoms with Crippen molar-refractivity contribution >= 4 is 5.97 Å². The van der Waals surface area contributed by atoms with Crippen LogP contribution in [0.1, 0.15) is 23.4 Å². The minimum atomic E-state index is -0.777. The molecule has 0 amide bonds. The number of aliphatic carboxylic acids is 1. The van der Waals surface area contributed by atoms with Gasteiger partial charge in [-0.05, 0) is 38.0 Å². The first-order valence-electron chi connectivity index (χ1n) is 5.92. The molecule has 0 spiro atoms. The molecule has 94 valence electrons. The number of aromatic nitrogens is 2. The summed E-state index contributed by atoms with van der Waals surface area (Å²) < 4.78 is 1.87. The average Bonchev–Trinajstić information content (AvgIpc) is 2.63. The number of benzene rings is 1. The molecule has 4 nitrogen and oxygen atoms in total. The molecule has 0 saturated heterocycles. The van der Waals surface area contributed by atoms with E-state index in [4.69, 9.17) is 5.11 Å². The summed E-state index contributed by atoms with van der Waals surface area (Å²) >= 11 is 0. The lowest BCUT2D eigenvalue weighted by molar-refractivity contribution is -0.136. The van der Waals surface area contributed by atoms with E-state index < -0.39 is 5.97 Å². The molecule has 1 aromatic carbocycles. The van der Waals surface area contributed by atoms with E-state index in [1.807, 2.05) is 48.9 Å². The van der Waals surface area contributed by atoms with Gasteiger partial charge in [-0.3, -0.25) is 4.79 Å². The number of nitrogens with zero attached hydrogens (tertiary/aromatic N) is 2. The molecule has 0 aliphatic rings. The Balaban J connectivity index is 2.35. The van der Waals surface area contributed by atoms with Crippen LogP contribution in [0.15, 0.2) is 30.3 Å². The summed E-state index contributed by atoms with van der Waals surface area (Å²) in [6.45, 7) is 3.90. The van der Waals surface area contributed by atoms with Crippen molar-refractivity contribution in [1.82, 2.24) is 9.78 Å². The van der Waals surface area contributed by atoms with E-state index in [2.05, 4.69) is 5.10 Å². The van der Waals surface area contributed by atoms with Gasteiger partial charge in [0.1, 0.15) is 0 Å². The molecule has 0 unspecified atom stereocenters. The Morgan fingerprint density at radius 2 is 1.94 bits per heavy atom. The Bertz CT molecular complexity index is 559. The van der Waals surface area contributed by atoms with Crippen LogP contribution < -0.4 is 0 Å². The van der Waals surface area contributed by atoms with Crippen molar-refractivity contribution in [2.45, 2.75) is 26.7 Å². The van der Waals surface area contributed by atoms with Gasteiger partial charge < -0.3 is 5.11 Å². The number of hydrogen-bond donors (Lipinski definition) is 1. The Hall–Kier alpha value is -2.10. The lowest BCUT2D eigenvalue weighted by Crippen LogP contribution is -2.01. The zero-order valence-electron chi connectivity index (χ0n) is 10.6. The molecule has 1 aromatic heterocycles. The van der Waals surface area contributed by atoms with Gasteiger partial charge in [-0.1, -0.05) is 18.2 Å². The molecule has 0 aliphatic carbocycles. The third-order valence-corrected chi connectivity index (χ3v) is 3.03. The van der Waals surface area contributed by atoms with Crippen LogP contribution in [0.4, 0.5) is 0 Å². The molecule has 4 heteroatoms. The van der Waals surface area contributed by atoms with Gasteiger partial charge in [0.25, 0.3) is 0 Å². The van der Waals surface area contributed by atoms with Gasteiger partial charge in [0, 0.05) is 12.1 Å². The van der Waals surface area contributed by atoms with E-state index in [1.54, 1.807) is 0 Å². The van der Waals surface area contributed by atoms with Gasteiger partial charge in [0.15, 0.2) is 0 Å². The molecule has 1 N–H and O–H groups in total. The highest BCUT2D eigenvalue weighted by atomic mass is 16.4. The number of carboxylic acids is 1. The quantitative estimate of drug-likeness (QED) is 0.899. The molecular formula is C14H16N2O2. The highest BCUT2D eigenvalue weighted by molar-refractivity contribution is 5.67. The molecule has 1 heterocycles. The first-order chi connectivity index (χ1) is 8.59. The molecule has 0 radical (unpaired) electrons. The fourth-order valence-corrected chi connectivity index (χ4v) is 2.09. The van der Waals surface area contributed by atoms with Crippen LogP contribution in [-0.4, -0.2) is 20.9 Å². The Morgan fingerprint density at radius 1 is 1.28 bits per heavy atom. The third kappa shape index (κ3) is 2.42. The summed E-state index contributed by atoms with van der Waals surface area (Å²) in [5.41, 5.74) is 3.94. The lowest BCUT2D eigenvalue weighted by Gasteiger charge is -2.04. The van der Waals surface area contributed by atoms with Crippen LogP contribution in [0.3, 0.4) is 0 Å². The second-order valence-corrected chi connectivity index (χ2v) is 4.29. The van der Waals surface area contributed by atoms with Gasteiger partial charge in [-0.15, -0.1) is 0 Å². The van der Waals surface area contributed by atoms with Gasteiger partial charge in [-0.2, -0.15) is 5.10 Å². The number of carbonyl (C=O) groups is 1. The van der Waals surface area contributed by atoms with Gasteiger partial charge in [-0.25, -0.2) is 4.68 Å². The summed E-state index contributed by atoms with van der Waals surface area (Å²) in [6, 6.07) is 9.85. The number of hydrogen-bond acceptors (Lipinski definition) is 2. The fourth-order valence-electron chi connectivity index (χ4n) is 2.09. The molecule has 0 aliphatic heterocycles. The first-order valence-corrected chi connectivity index (χ1v) is 5.92. The van der Waals surface area contributed by atoms with E-state index in [0.717, 1.165) is 22.6 Å². The van der Waals surface area contributed by atoms with Gasteiger partial charge in [0.05, 0.1) is 11.4 Å². The number of rotatable bonds is 4. The minimum Gasteiger partial charge on any atom is -0.481 e. The van der Waals surface area contributed by atoms with Crippen LogP contribution in [-0.2, 0) is 11.2 Å². The molecule has 0 atom stereocenters. The van der Waals surface area contributed by atoms with Crippen LogP contribution >= 0.6 is 0 Å². The molecule has 2 aromatic rings. The lowest BCUT2D eigenvalue weighted by atomic mass is 10.1. The highest BCUT2D eigenvalue weighted by Crippen LogP contribution is 2.19. The molecule has 0 fully saturated rings. The van der Waals surface area contributed by atoms with Crippen molar-refractivity contribution in [3.8, 4) is 5.69 Å². The molecule has 18 heavy (non-hydrogen) atoms. The zero-order valence-corrected chi connectivity index (χ0v) is 10.6. The summed E-state index contributed by atoms with van der Waals surface area (Å²) in [4.78, 5) is 10.6. The van der Waals surface area contributed by atoms with E-state index in [-0.39, 0.29) is 6.42 Å². The average molecular weight is 244 g/mol. The largest absolute Gasteiger partial charge is 0.481 e. The van der Waals surface area contributed by atoms with Crippen LogP contribution in [0, 0.1) is 13.8 Å². The first kappa shape index (κ1) is 12.4. The molecule has 2 rings (SSSR count). The maximum Gasteiger partial charge on any atom is 0.303 e. The number of aryl methyl sites for hydroxylation is 1. The Kier molecular flexibility index (Phi) is 3.46. The number of carboxylic acid groups (broad SMARTS) is 1. The molecule has 0 saturated carbocycles. The Labute approximate surface area is 106 Å². The van der Waals surface area contributed by atoms with Crippen molar-refractivity contribution in [3.63, 3.8) is 0 Å². The monoisotopic (exact) mass is 244 g/mol. The maximum atomic E-state index is 10.6. The van der Waals surface area contributed by atoms with Crippen molar-refractivity contribution in [3.05, 3.63) is 47.3 Å². The van der Waals surface area contributed by atoms with Crippen molar-refractivity contribution in [2.24, 2.45) is 0 Å². The third-order valence-electron chi connectivity index (χ3n) is 3.03. The summed E-state index contributed by atoms with van der Waals surface area (Å²) in [5.74, 6) is -0.777. The predicted molar refractivity (Wildman–Crippen MR) is 69.0 cm³/mol. The van der Waals surface area contributed by atoms with E-state index in [9.17, 15) is 4.79 Å². The smallest absolute Gasteiger partial charge is 0.303 e. The number of para-hydroxylation sites is 1. The minimum absolute atomic E-state index is 0.141. The topological polar surface area (TPSA) is 55.1 Å². The van der Waals surface area contributed by atoms with Gasteiger partial charge in [0.2, 0.25) is 0 Å². The second-order valence-electron chi connectivity index (χ2n) is 4.29. The van der Waals surface area contributed by atoms with Crippen molar-refractivity contribution in [1.29, 1.82) is 0 Å². The highest BCUT2D eigenvalue weighted by Gasteiger charge is 2.13. The fraction of sp³-hybridized carbons (Fsp3) is 0.286. The maximum absolute atomic E-state index is 10.6. The summed E-state index contributed by atoms with van der Waals surface area (Å²) in [7, 11) is 0. The molecular weight excluding hydrogens is 228 g/mol. The second kappa shape index (κ2) is 5.04. The van der Waals surface area contributed by atoms with Crippen molar-refractivity contribution in [2.75, 3.05) is 0 Å². The van der Waals surface area contributed by atoms with Crippen LogP contribution in [0.2, 0.25) is 0 Å². The standard InChI is InChI=1S/C14H16N2O2/c1-10-13(8-9-14(17)18)11(2)16(15-10)12-6-4-3-5-7-12/h3-7H,8-9H2,1-2H3,(H,17,18). The predicted octanol–water partition coefficient (Wildman–Crippen LogP) is 2.51. The van der Waals surface area contributed by atoms with Gasteiger partial charge >= 0.3 is 5.97 Å². The SMILES string of the molecule is Cc1nn(-c2ccccc2)c(C)c1CCC(=O)O.